The minimum atomic E-state index is -1.59. The summed E-state index contributed by atoms with van der Waals surface area (Å²) in [5.74, 6) is -0.602. The molecule has 17 heavy (non-hydrogen) atoms. The van der Waals surface area contributed by atoms with Crippen molar-refractivity contribution in [3.8, 4) is 0 Å². The number of hydrogen-bond acceptors (Lipinski definition) is 4. The van der Waals surface area contributed by atoms with Crippen molar-refractivity contribution in [2.45, 2.75) is 24.3 Å². The normalized spacial score (nSPS) is 20.2. The first-order chi connectivity index (χ1) is 7.93. The monoisotopic (exact) mass is 251 g/mol. The lowest BCUT2D eigenvalue weighted by Crippen LogP contribution is -2.27. The molecule has 2 rings (SSSR count). The average molecular weight is 251 g/mol. The van der Waals surface area contributed by atoms with E-state index >= 15 is 0 Å². The highest BCUT2D eigenvalue weighted by atomic mass is 32.2. The second-order valence-corrected chi connectivity index (χ2v) is 5.64. The highest BCUT2D eigenvalue weighted by molar-refractivity contribution is 7.90. The zero-order valence-electron chi connectivity index (χ0n) is 9.60. The fraction of sp³-hybridized carbons (Fsp3) is 0.250. The fourth-order valence-corrected chi connectivity index (χ4v) is 2.83. The SMILES string of the molecule is CC1(C)OC(=O)C(S(=O)c2ccccc2)=C1N. The van der Waals surface area contributed by atoms with E-state index in [0.717, 1.165) is 0 Å². The van der Waals surface area contributed by atoms with E-state index in [1.807, 2.05) is 6.07 Å². The van der Waals surface area contributed by atoms with Crippen LogP contribution in [0.1, 0.15) is 13.8 Å². The molecule has 2 N–H and O–H groups in total. The third kappa shape index (κ3) is 1.98. The molecule has 0 saturated carbocycles. The zero-order chi connectivity index (χ0) is 12.6. The molecule has 0 saturated heterocycles. The van der Waals surface area contributed by atoms with Crippen LogP contribution >= 0.6 is 0 Å². The summed E-state index contributed by atoms with van der Waals surface area (Å²) in [7, 11) is -1.59. The molecule has 0 fully saturated rings. The van der Waals surface area contributed by atoms with E-state index in [-0.39, 0.29) is 10.6 Å². The van der Waals surface area contributed by atoms with Gasteiger partial charge in [0.15, 0.2) is 4.91 Å². The molecule has 0 aromatic heterocycles. The number of hydrogen-bond donors (Lipinski definition) is 1. The lowest BCUT2D eigenvalue weighted by atomic mass is 10.1. The number of rotatable bonds is 2. The first-order valence-electron chi connectivity index (χ1n) is 5.14. The topological polar surface area (TPSA) is 69.4 Å². The average Bonchev–Trinajstić information content (AvgIpc) is 2.49. The van der Waals surface area contributed by atoms with Crippen LogP contribution in [-0.2, 0) is 20.3 Å². The predicted octanol–water partition coefficient (Wildman–Crippen LogP) is 1.30. The fourth-order valence-electron chi connectivity index (χ4n) is 1.55. The summed E-state index contributed by atoms with van der Waals surface area (Å²) < 4.78 is 17.3. The zero-order valence-corrected chi connectivity index (χ0v) is 10.4. The molecule has 1 heterocycles. The van der Waals surface area contributed by atoms with E-state index in [1.165, 1.54) is 0 Å². The maximum absolute atomic E-state index is 12.2. The molecule has 1 unspecified atom stereocenters. The molecule has 1 atom stereocenters. The van der Waals surface area contributed by atoms with Crippen LogP contribution in [0.25, 0.3) is 0 Å². The van der Waals surface area contributed by atoms with Crippen LogP contribution in [0, 0.1) is 0 Å². The van der Waals surface area contributed by atoms with Crippen LogP contribution in [0.2, 0.25) is 0 Å². The Morgan fingerprint density at radius 1 is 1.24 bits per heavy atom. The maximum atomic E-state index is 12.2. The number of esters is 1. The van der Waals surface area contributed by atoms with Crippen LogP contribution in [0.15, 0.2) is 45.8 Å². The summed E-state index contributed by atoms with van der Waals surface area (Å²) in [4.78, 5) is 12.3. The Morgan fingerprint density at radius 3 is 2.29 bits per heavy atom. The highest BCUT2D eigenvalue weighted by Crippen LogP contribution is 2.32. The van der Waals surface area contributed by atoms with Gasteiger partial charge in [0.05, 0.1) is 16.5 Å². The Balaban J connectivity index is 2.45. The van der Waals surface area contributed by atoms with Crippen molar-refractivity contribution in [3.05, 3.63) is 40.9 Å². The summed E-state index contributed by atoms with van der Waals surface area (Å²) in [5, 5.41) is 0. The lowest BCUT2D eigenvalue weighted by Gasteiger charge is -2.17. The molecule has 1 aromatic rings. The Hall–Kier alpha value is -1.62. The summed E-state index contributed by atoms with van der Waals surface area (Å²) in [6.45, 7) is 3.35. The van der Waals surface area contributed by atoms with Crippen LogP contribution in [0.3, 0.4) is 0 Å². The Bertz CT molecular complexity index is 520. The molecule has 0 amide bonds. The van der Waals surface area contributed by atoms with E-state index < -0.39 is 22.4 Å². The van der Waals surface area contributed by atoms with Gasteiger partial charge in [-0.25, -0.2) is 9.00 Å². The Kier molecular flexibility index (Phi) is 2.79. The van der Waals surface area contributed by atoms with Crippen molar-refractivity contribution in [2.24, 2.45) is 5.73 Å². The van der Waals surface area contributed by atoms with E-state index in [2.05, 4.69) is 0 Å². The van der Waals surface area contributed by atoms with Crippen molar-refractivity contribution in [3.63, 3.8) is 0 Å². The lowest BCUT2D eigenvalue weighted by molar-refractivity contribution is -0.143. The predicted molar refractivity (Wildman–Crippen MR) is 64.2 cm³/mol. The third-order valence-electron chi connectivity index (χ3n) is 2.57. The van der Waals surface area contributed by atoms with Crippen molar-refractivity contribution in [2.75, 3.05) is 0 Å². The van der Waals surface area contributed by atoms with Gasteiger partial charge in [-0.15, -0.1) is 0 Å². The molecular formula is C12H13NO3S. The maximum Gasteiger partial charge on any atom is 0.350 e. The van der Waals surface area contributed by atoms with E-state index in [1.54, 1.807) is 38.1 Å². The van der Waals surface area contributed by atoms with Gasteiger partial charge in [0.2, 0.25) is 0 Å². The van der Waals surface area contributed by atoms with Gasteiger partial charge in [0.1, 0.15) is 5.60 Å². The van der Waals surface area contributed by atoms with Crippen molar-refractivity contribution >= 4 is 16.8 Å². The largest absolute Gasteiger partial charge is 0.449 e. The van der Waals surface area contributed by atoms with Crippen LogP contribution < -0.4 is 5.73 Å². The molecular weight excluding hydrogens is 238 g/mol. The van der Waals surface area contributed by atoms with Crippen LogP contribution in [-0.4, -0.2) is 15.8 Å². The van der Waals surface area contributed by atoms with Gasteiger partial charge in [-0.1, -0.05) is 18.2 Å². The Labute approximate surface area is 102 Å². The van der Waals surface area contributed by atoms with Gasteiger partial charge < -0.3 is 10.5 Å². The minimum absolute atomic E-state index is 0.0567. The molecule has 1 aromatic carbocycles. The second-order valence-electron chi connectivity index (χ2n) is 4.22. The second kappa shape index (κ2) is 4.00. The van der Waals surface area contributed by atoms with Gasteiger partial charge in [-0.05, 0) is 26.0 Å². The van der Waals surface area contributed by atoms with E-state index in [0.29, 0.717) is 4.90 Å². The summed E-state index contributed by atoms with van der Waals surface area (Å²) in [6, 6.07) is 8.71. The third-order valence-corrected chi connectivity index (χ3v) is 4.03. The van der Waals surface area contributed by atoms with Gasteiger partial charge in [-0.3, -0.25) is 0 Å². The summed E-state index contributed by atoms with van der Waals surface area (Å²) in [5.41, 5.74) is 5.19. The molecule has 0 aliphatic carbocycles. The number of carbonyl (C=O) groups excluding carboxylic acids is 1. The van der Waals surface area contributed by atoms with E-state index in [9.17, 15) is 9.00 Å². The van der Waals surface area contributed by atoms with Crippen molar-refractivity contribution < 1.29 is 13.7 Å². The molecule has 1 aliphatic rings. The Morgan fingerprint density at radius 2 is 1.82 bits per heavy atom. The number of cyclic esters (lactones) is 1. The summed E-state index contributed by atoms with van der Waals surface area (Å²) >= 11 is 0. The number of nitrogens with two attached hydrogens (primary N) is 1. The smallest absolute Gasteiger partial charge is 0.350 e. The highest BCUT2D eigenvalue weighted by Gasteiger charge is 2.41. The molecule has 1 aliphatic heterocycles. The molecule has 5 heteroatoms. The molecule has 0 radical (unpaired) electrons. The first kappa shape index (κ1) is 11.9. The number of benzene rings is 1. The van der Waals surface area contributed by atoms with Gasteiger partial charge in [0.25, 0.3) is 0 Å². The molecule has 0 bridgehead atoms. The van der Waals surface area contributed by atoms with Gasteiger partial charge in [-0.2, -0.15) is 0 Å². The number of carbonyl (C=O) groups is 1. The molecule has 0 spiro atoms. The van der Waals surface area contributed by atoms with E-state index in [4.69, 9.17) is 10.5 Å². The molecule has 4 nitrogen and oxygen atoms in total. The van der Waals surface area contributed by atoms with Crippen LogP contribution in [0.4, 0.5) is 0 Å². The van der Waals surface area contributed by atoms with Gasteiger partial charge in [0, 0.05) is 4.90 Å². The van der Waals surface area contributed by atoms with Gasteiger partial charge >= 0.3 is 5.97 Å². The quantitative estimate of drug-likeness (QED) is 0.804. The molecule has 90 valence electrons. The minimum Gasteiger partial charge on any atom is -0.449 e. The van der Waals surface area contributed by atoms with Crippen molar-refractivity contribution in [1.82, 2.24) is 0 Å². The first-order valence-corrected chi connectivity index (χ1v) is 6.29. The standard InChI is InChI=1S/C12H13NO3S/c1-12(2)10(13)9(11(14)16-12)17(15)8-6-4-3-5-7-8/h3-7H,13H2,1-2H3. The van der Waals surface area contributed by atoms with Crippen LogP contribution in [0.5, 0.6) is 0 Å². The van der Waals surface area contributed by atoms with Crippen molar-refractivity contribution in [1.29, 1.82) is 0 Å². The number of ether oxygens (including phenoxy) is 1. The summed E-state index contributed by atoms with van der Waals surface area (Å²) in [6.07, 6.45) is 0.